The summed E-state index contributed by atoms with van der Waals surface area (Å²) in [4.78, 5) is 62.0. The van der Waals surface area contributed by atoms with Gasteiger partial charge in [0.1, 0.15) is 12.1 Å². The van der Waals surface area contributed by atoms with Gasteiger partial charge in [0.2, 0.25) is 11.8 Å². The minimum atomic E-state index is -5.75. The maximum absolute atomic E-state index is 14.2. The Morgan fingerprint density at radius 3 is 2.50 bits per heavy atom. The zero-order valence-electron chi connectivity index (χ0n) is 22.6. The number of alkyl halides is 2. The molecule has 0 unspecified atom stereocenters. The maximum Gasteiger partial charge on any atom is 0.399 e. The minimum Gasteiger partial charge on any atom is -0.380 e. The van der Waals surface area contributed by atoms with E-state index in [1.165, 1.54) is 12.1 Å². The highest BCUT2D eigenvalue weighted by Gasteiger charge is 2.50. The van der Waals surface area contributed by atoms with Crippen LogP contribution in [0.3, 0.4) is 0 Å². The lowest BCUT2D eigenvalue weighted by molar-refractivity contribution is -0.146. The molecule has 1 aromatic heterocycles. The van der Waals surface area contributed by atoms with Gasteiger partial charge in [-0.05, 0) is 48.3 Å². The molecule has 0 aliphatic carbocycles. The molecule has 14 heteroatoms. The van der Waals surface area contributed by atoms with E-state index in [-0.39, 0.29) is 22.1 Å². The number of carbonyl (C=O) groups excluding carboxylic acids is 3. The van der Waals surface area contributed by atoms with Gasteiger partial charge in [0.25, 0.3) is 5.91 Å². The van der Waals surface area contributed by atoms with Crippen molar-refractivity contribution in [3.8, 4) is 0 Å². The number of hydrogen-bond acceptors (Lipinski definition) is 6. The fourth-order valence-electron chi connectivity index (χ4n) is 4.99. The molecule has 220 valence electrons. The second-order valence-electron chi connectivity index (χ2n) is 11.2. The van der Waals surface area contributed by atoms with Gasteiger partial charge in [0, 0.05) is 36.5 Å². The van der Waals surface area contributed by atoms with E-state index in [0.29, 0.717) is 50.4 Å². The van der Waals surface area contributed by atoms with E-state index in [4.69, 9.17) is 14.5 Å². The summed E-state index contributed by atoms with van der Waals surface area (Å²) < 4.78 is 45.6. The number of hydrogen-bond donors (Lipinski definition) is 3. The first-order valence-corrected chi connectivity index (χ1v) is 15.5. The Morgan fingerprint density at radius 2 is 1.82 bits per heavy atom. The van der Waals surface area contributed by atoms with Gasteiger partial charge in [-0.15, -0.1) is 11.3 Å². The zero-order chi connectivity index (χ0) is 29.5. The third kappa shape index (κ3) is 6.23. The number of thiophene rings is 1. The van der Waals surface area contributed by atoms with Crippen molar-refractivity contribution in [2.75, 3.05) is 32.8 Å². The van der Waals surface area contributed by atoms with Gasteiger partial charge in [-0.25, -0.2) is 0 Å². The molecule has 3 amide bonds. The van der Waals surface area contributed by atoms with Crippen LogP contribution in [0, 0.1) is 5.41 Å². The third-order valence-electron chi connectivity index (χ3n) is 7.20. The van der Waals surface area contributed by atoms with Gasteiger partial charge in [-0.2, -0.15) is 8.78 Å². The summed E-state index contributed by atoms with van der Waals surface area (Å²) in [5.74, 6) is -1.08. The van der Waals surface area contributed by atoms with E-state index >= 15 is 0 Å². The highest BCUT2D eigenvalue weighted by molar-refractivity contribution is 7.52. The smallest absolute Gasteiger partial charge is 0.380 e. The number of rotatable bonds is 6. The highest BCUT2D eigenvalue weighted by Crippen LogP contribution is 2.59. The Labute approximate surface area is 234 Å². The van der Waals surface area contributed by atoms with Crippen LogP contribution in [0.1, 0.15) is 55.3 Å². The number of halogens is 2. The summed E-state index contributed by atoms with van der Waals surface area (Å²) in [7, 11) is -5.75. The van der Waals surface area contributed by atoms with E-state index in [0.717, 1.165) is 29.9 Å². The molecule has 0 spiro atoms. The molecule has 4 rings (SSSR count). The van der Waals surface area contributed by atoms with Crippen molar-refractivity contribution in [2.24, 2.45) is 5.41 Å². The predicted octanol–water partition coefficient (Wildman–Crippen LogP) is 3.51. The number of carbonyl (C=O) groups is 3. The van der Waals surface area contributed by atoms with Crippen molar-refractivity contribution in [3.63, 3.8) is 0 Å². The Kier molecular flexibility index (Phi) is 8.73. The molecule has 2 aliphatic rings. The predicted molar refractivity (Wildman–Crippen MR) is 145 cm³/mol. The number of benzene rings is 1. The SMILES string of the molecule is CC(C)(C)[C@H](NC(=O)c1cc2cc(C(F)(F)P(=O)(O)O)ccc2s1)C(=O)N1CCC[C@H]1C(=O)N1CCCOCC1. The van der Waals surface area contributed by atoms with Crippen LogP contribution in [-0.4, -0.2) is 82.2 Å². The summed E-state index contributed by atoms with van der Waals surface area (Å²) in [6.07, 6.45) is 1.92. The van der Waals surface area contributed by atoms with Crippen LogP contribution in [0.5, 0.6) is 0 Å². The van der Waals surface area contributed by atoms with E-state index in [1.54, 1.807) is 30.6 Å². The summed E-state index contributed by atoms with van der Waals surface area (Å²) in [6.45, 7) is 7.85. The normalized spacial score (nSPS) is 19.9. The molecule has 2 fully saturated rings. The average molecular weight is 602 g/mol. The Balaban J connectivity index is 1.54. The Morgan fingerprint density at radius 1 is 1.10 bits per heavy atom. The van der Waals surface area contributed by atoms with E-state index < -0.39 is 42.2 Å². The molecule has 2 aromatic rings. The molecule has 2 atom stereocenters. The second-order valence-corrected chi connectivity index (χ2v) is 13.9. The molecule has 3 heterocycles. The van der Waals surface area contributed by atoms with E-state index in [1.807, 2.05) is 0 Å². The van der Waals surface area contributed by atoms with Crippen molar-refractivity contribution in [2.45, 2.75) is 57.8 Å². The summed E-state index contributed by atoms with van der Waals surface area (Å²) in [6, 6.07) is 2.90. The molecule has 2 aliphatic heterocycles. The quantitative estimate of drug-likeness (QED) is 0.431. The molecular formula is C26H34F2N3O7PS. The van der Waals surface area contributed by atoms with Crippen LogP contribution in [0.15, 0.2) is 24.3 Å². The minimum absolute atomic E-state index is 0.122. The standard InChI is InChI=1S/C26H34F2N3O7PS/c1-25(2,3)21(24(34)31-10-4-6-18(31)23(33)30-9-5-12-38-13-11-30)29-22(32)20-15-16-14-17(7-8-19(16)40-20)26(27,28)39(35,36)37/h7-8,14-15,18,21H,4-6,9-13H2,1-3H3,(H,29,32)(H2,35,36,37)/t18-,21+/m0/s1. The number of nitrogens with one attached hydrogen (secondary N) is 1. The Hall–Kier alpha value is -2.44. The van der Waals surface area contributed by atoms with Crippen molar-refractivity contribution in [1.29, 1.82) is 0 Å². The maximum atomic E-state index is 14.2. The summed E-state index contributed by atoms with van der Waals surface area (Å²) in [5, 5.41) is 3.01. The van der Waals surface area contributed by atoms with Crippen molar-refractivity contribution in [1.82, 2.24) is 15.1 Å². The first kappa shape index (κ1) is 30.5. The van der Waals surface area contributed by atoms with Crippen LogP contribution in [0.25, 0.3) is 10.1 Å². The number of amides is 3. The lowest BCUT2D eigenvalue weighted by Crippen LogP contribution is -2.58. The molecule has 0 saturated carbocycles. The number of fused-ring (bicyclic) bond motifs is 1. The molecule has 40 heavy (non-hydrogen) atoms. The van der Waals surface area contributed by atoms with Crippen molar-refractivity contribution in [3.05, 3.63) is 34.7 Å². The van der Waals surface area contributed by atoms with Crippen LogP contribution >= 0.6 is 18.9 Å². The monoisotopic (exact) mass is 601 g/mol. The molecule has 1 aromatic carbocycles. The van der Waals surface area contributed by atoms with Gasteiger partial charge in [-0.3, -0.25) is 18.9 Å². The first-order valence-electron chi connectivity index (χ1n) is 13.1. The fraction of sp³-hybridized carbons (Fsp3) is 0.577. The molecule has 0 bridgehead atoms. The lowest BCUT2D eigenvalue weighted by Gasteiger charge is -2.36. The lowest BCUT2D eigenvalue weighted by atomic mass is 9.85. The largest absolute Gasteiger partial charge is 0.399 e. The van der Waals surface area contributed by atoms with Gasteiger partial charge >= 0.3 is 13.3 Å². The third-order valence-corrected chi connectivity index (χ3v) is 9.30. The summed E-state index contributed by atoms with van der Waals surface area (Å²) in [5.41, 5.74) is -5.95. The van der Waals surface area contributed by atoms with Gasteiger partial charge in [-0.1, -0.05) is 26.8 Å². The topological polar surface area (TPSA) is 136 Å². The molecular weight excluding hydrogens is 567 g/mol. The van der Waals surface area contributed by atoms with E-state index in [9.17, 15) is 27.7 Å². The first-order chi connectivity index (χ1) is 18.6. The van der Waals surface area contributed by atoms with Gasteiger partial charge < -0.3 is 29.6 Å². The number of nitrogens with zero attached hydrogens (tertiary/aromatic N) is 2. The van der Waals surface area contributed by atoms with Gasteiger partial charge in [0.05, 0.1) is 11.5 Å². The molecule has 0 radical (unpaired) electrons. The fourth-order valence-corrected chi connectivity index (χ4v) is 6.41. The van der Waals surface area contributed by atoms with Crippen LogP contribution in [0.4, 0.5) is 8.78 Å². The Bertz CT molecular complexity index is 1330. The molecule has 3 N–H and O–H groups in total. The summed E-state index contributed by atoms with van der Waals surface area (Å²) >= 11 is 1.01. The highest BCUT2D eigenvalue weighted by atomic mass is 32.1. The van der Waals surface area contributed by atoms with E-state index in [2.05, 4.69) is 5.32 Å². The molecule has 2 saturated heterocycles. The van der Waals surface area contributed by atoms with Crippen LogP contribution < -0.4 is 5.32 Å². The second kappa shape index (κ2) is 11.4. The average Bonchev–Trinajstić information content (AvgIpc) is 3.44. The number of likely N-dealkylation sites (tertiary alicyclic amines) is 1. The van der Waals surface area contributed by atoms with Crippen molar-refractivity contribution >= 4 is 46.7 Å². The number of ether oxygens (including phenoxy) is 1. The van der Waals surface area contributed by atoms with Crippen LogP contribution in [-0.2, 0) is 24.6 Å². The molecule has 10 nitrogen and oxygen atoms in total. The zero-order valence-corrected chi connectivity index (χ0v) is 24.3. The van der Waals surface area contributed by atoms with Crippen molar-refractivity contribution < 1.29 is 42.3 Å². The van der Waals surface area contributed by atoms with Gasteiger partial charge in [0.15, 0.2) is 0 Å². The van der Waals surface area contributed by atoms with Crippen LogP contribution in [0.2, 0.25) is 0 Å².